The number of carbonyl (C=O) groups is 3. The third-order valence-electron chi connectivity index (χ3n) is 3.05. The summed E-state index contributed by atoms with van der Waals surface area (Å²) < 4.78 is 0. The summed E-state index contributed by atoms with van der Waals surface area (Å²) in [5.74, 6) is -2.45. The fraction of sp³-hybridized carbons (Fsp3) is 0.133. The number of carbonyl (C=O) groups excluding carboxylic acids is 3. The zero-order valence-electron chi connectivity index (χ0n) is 11.2. The number of hydrogen-bond acceptors (Lipinski definition) is 3. The van der Waals surface area contributed by atoms with Crippen LogP contribution in [0.1, 0.15) is 5.56 Å². The number of nitrogens with one attached hydrogen (secondary N) is 1. The van der Waals surface area contributed by atoms with Gasteiger partial charge in [-0.2, -0.15) is 0 Å². The van der Waals surface area contributed by atoms with Gasteiger partial charge in [0.15, 0.2) is 6.04 Å². The van der Waals surface area contributed by atoms with E-state index >= 15 is 0 Å². The van der Waals surface area contributed by atoms with E-state index in [-0.39, 0.29) is 6.42 Å². The van der Waals surface area contributed by atoms with Gasteiger partial charge in [-0.05, 0) is 16.3 Å². The second-order valence-electron chi connectivity index (χ2n) is 4.66. The van der Waals surface area contributed by atoms with Gasteiger partial charge >= 0.3 is 0 Å². The molecule has 0 aromatic heterocycles. The third kappa shape index (κ3) is 3.56. The Bertz CT molecular complexity index is 698. The van der Waals surface area contributed by atoms with Crippen LogP contribution in [0.3, 0.4) is 0 Å². The summed E-state index contributed by atoms with van der Waals surface area (Å²) in [5, 5.41) is 4.29. The van der Waals surface area contributed by atoms with Crippen LogP contribution in [0.25, 0.3) is 10.8 Å². The summed E-state index contributed by atoms with van der Waals surface area (Å²) in [6, 6.07) is 11.8. The Labute approximate surface area is 121 Å². The van der Waals surface area contributed by atoms with Gasteiger partial charge in [-0.3, -0.25) is 14.4 Å². The largest absolute Gasteiger partial charge is 0.367 e. The van der Waals surface area contributed by atoms with E-state index in [4.69, 9.17) is 11.5 Å². The molecule has 0 spiro atoms. The van der Waals surface area contributed by atoms with Gasteiger partial charge in [-0.1, -0.05) is 42.5 Å². The van der Waals surface area contributed by atoms with Gasteiger partial charge < -0.3 is 16.8 Å². The SMILES string of the molecule is NC(=O)C(NC(=O)Cc1ccc2ccccc2c1)C(N)=O. The summed E-state index contributed by atoms with van der Waals surface area (Å²) in [6.07, 6.45) is 0.0297. The van der Waals surface area contributed by atoms with Crippen molar-refractivity contribution in [2.24, 2.45) is 11.5 Å². The lowest BCUT2D eigenvalue weighted by molar-refractivity contribution is -0.133. The summed E-state index contributed by atoms with van der Waals surface area (Å²) >= 11 is 0. The van der Waals surface area contributed by atoms with E-state index in [1.807, 2.05) is 42.5 Å². The van der Waals surface area contributed by atoms with Crippen molar-refractivity contribution >= 4 is 28.5 Å². The first kappa shape index (κ1) is 14.5. The fourth-order valence-corrected chi connectivity index (χ4v) is 2.03. The quantitative estimate of drug-likeness (QED) is 0.663. The van der Waals surface area contributed by atoms with Crippen LogP contribution in [0.5, 0.6) is 0 Å². The van der Waals surface area contributed by atoms with Crippen LogP contribution in [0.4, 0.5) is 0 Å². The highest BCUT2D eigenvalue weighted by atomic mass is 16.2. The van der Waals surface area contributed by atoms with Crippen LogP contribution >= 0.6 is 0 Å². The molecule has 5 N–H and O–H groups in total. The molecule has 2 aromatic carbocycles. The molecule has 0 atom stereocenters. The molecule has 3 amide bonds. The predicted molar refractivity (Wildman–Crippen MR) is 78.0 cm³/mol. The van der Waals surface area contributed by atoms with Crippen molar-refractivity contribution in [3.63, 3.8) is 0 Å². The molecule has 0 aliphatic rings. The van der Waals surface area contributed by atoms with Crippen LogP contribution in [0, 0.1) is 0 Å². The van der Waals surface area contributed by atoms with Crippen molar-refractivity contribution in [3.05, 3.63) is 48.0 Å². The van der Waals surface area contributed by atoms with Crippen molar-refractivity contribution < 1.29 is 14.4 Å². The number of hydrogen-bond donors (Lipinski definition) is 3. The lowest BCUT2D eigenvalue weighted by atomic mass is 10.0. The highest BCUT2D eigenvalue weighted by molar-refractivity contribution is 6.05. The minimum absolute atomic E-state index is 0.0297. The van der Waals surface area contributed by atoms with Crippen LogP contribution in [-0.4, -0.2) is 23.8 Å². The maximum absolute atomic E-state index is 11.8. The van der Waals surface area contributed by atoms with E-state index in [9.17, 15) is 14.4 Å². The molecule has 0 saturated carbocycles. The predicted octanol–water partition coefficient (Wildman–Crippen LogP) is -0.162. The zero-order chi connectivity index (χ0) is 15.4. The highest BCUT2D eigenvalue weighted by Crippen LogP contribution is 2.15. The molecule has 0 radical (unpaired) electrons. The third-order valence-corrected chi connectivity index (χ3v) is 3.05. The molecule has 6 nitrogen and oxygen atoms in total. The minimum Gasteiger partial charge on any atom is -0.367 e. The number of benzene rings is 2. The maximum atomic E-state index is 11.8. The van der Waals surface area contributed by atoms with Crippen molar-refractivity contribution in [1.82, 2.24) is 5.32 Å². The molecular weight excluding hydrogens is 270 g/mol. The molecule has 2 aromatic rings. The van der Waals surface area contributed by atoms with E-state index in [1.54, 1.807) is 0 Å². The molecule has 108 valence electrons. The zero-order valence-corrected chi connectivity index (χ0v) is 11.2. The topological polar surface area (TPSA) is 115 Å². The molecule has 0 fully saturated rings. The first-order chi connectivity index (χ1) is 9.97. The molecular formula is C15H15N3O3. The molecule has 0 saturated heterocycles. The number of rotatable bonds is 5. The first-order valence-electron chi connectivity index (χ1n) is 6.33. The molecule has 0 bridgehead atoms. The number of amides is 3. The first-order valence-corrected chi connectivity index (χ1v) is 6.33. The normalized spacial score (nSPS) is 10.5. The molecule has 0 unspecified atom stereocenters. The molecule has 21 heavy (non-hydrogen) atoms. The van der Waals surface area contributed by atoms with Crippen LogP contribution in [-0.2, 0) is 20.8 Å². The van der Waals surface area contributed by atoms with E-state index in [0.29, 0.717) is 0 Å². The second kappa shape index (κ2) is 6.04. The fourth-order valence-electron chi connectivity index (χ4n) is 2.03. The Morgan fingerprint density at radius 3 is 2.19 bits per heavy atom. The Kier molecular flexibility index (Phi) is 4.18. The molecule has 0 aliphatic carbocycles. The second-order valence-corrected chi connectivity index (χ2v) is 4.66. The van der Waals surface area contributed by atoms with E-state index in [2.05, 4.69) is 5.32 Å². The maximum Gasteiger partial charge on any atom is 0.249 e. The van der Waals surface area contributed by atoms with Gasteiger partial charge in [0.2, 0.25) is 17.7 Å². The summed E-state index contributed by atoms with van der Waals surface area (Å²) in [7, 11) is 0. The lowest BCUT2D eigenvalue weighted by Gasteiger charge is -2.12. The average Bonchev–Trinajstić information content (AvgIpc) is 2.44. The molecule has 6 heteroatoms. The Morgan fingerprint density at radius 1 is 0.952 bits per heavy atom. The van der Waals surface area contributed by atoms with Gasteiger partial charge in [0.1, 0.15) is 0 Å². The van der Waals surface area contributed by atoms with Crippen molar-refractivity contribution in [2.45, 2.75) is 12.5 Å². The van der Waals surface area contributed by atoms with E-state index < -0.39 is 23.8 Å². The summed E-state index contributed by atoms with van der Waals surface area (Å²) in [5.41, 5.74) is 10.8. The smallest absolute Gasteiger partial charge is 0.249 e. The van der Waals surface area contributed by atoms with Gasteiger partial charge in [-0.15, -0.1) is 0 Å². The van der Waals surface area contributed by atoms with Crippen molar-refractivity contribution in [2.75, 3.05) is 0 Å². The summed E-state index contributed by atoms with van der Waals surface area (Å²) in [4.78, 5) is 33.9. The van der Waals surface area contributed by atoms with Gasteiger partial charge in [-0.25, -0.2) is 0 Å². The van der Waals surface area contributed by atoms with E-state index in [0.717, 1.165) is 16.3 Å². The lowest BCUT2D eigenvalue weighted by Crippen LogP contribution is -2.52. The van der Waals surface area contributed by atoms with Crippen LogP contribution < -0.4 is 16.8 Å². The molecule has 2 rings (SSSR count). The van der Waals surface area contributed by atoms with Gasteiger partial charge in [0.05, 0.1) is 6.42 Å². The Morgan fingerprint density at radius 2 is 1.57 bits per heavy atom. The van der Waals surface area contributed by atoms with Crippen molar-refractivity contribution in [1.29, 1.82) is 0 Å². The Balaban J connectivity index is 2.10. The number of nitrogens with two attached hydrogens (primary N) is 2. The molecule has 0 heterocycles. The van der Waals surface area contributed by atoms with E-state index in [1.165, 1.54) is 0 Å². The number of primary amides is 2. The standard InChI is InChI=1S/C15H15N3O3/c16-14(20)13(15(17)21)18-12(19)8-9-5-6-10-3-1-2-4-11(10)7-9/h1-7,13H,8H2,(H2,16,20)(H2,17,21)(H,18,19). The minimum atomic E-state index is -1.49. The molecule has 0 aliphatic heterocycles. The number of fused-ring (bicyclic) bond motifs is 1. The van der Waals surface area contributed by atoms with Crippen LogP contribution in [0.2, 0.25) is 0 Å². The monoisotopic (exact) mass is 285 g/mol. The summed E-state index contributed by atoms with van der Waals surface area (Å²) in [6.45, 7) is 0. The Hall–Kier alpha value is -2.89. The average molecular weight is 285 g/mol. The van der Waals surface area contributed by atoms with Gasteiger partial charge in [0.25, 0.3) is 0 Å². The van der Waals surface area contributed by atoms with Crippen molar-refractivity contribution in [3.8, 4) is 0 Å². The van der Waals surface area contributed by atoms with Gasteiger partial charge in [0, 0.05) is 0 Å². The highest BCUT2D eigenvalue weighted by Gasteiger charge is 2.23. The van der Waals surface area contributed by atoms with Crippen LogP contribution in [0.15, 0.2) is 42.5 Å².